The summed E-state index contributed by atoms with van der Waals surface area (Å²) in [5.41, 5.74) is 0. The van der Waals surface area contributed by atoms with Gasteiger partial charge in [0.15, 0.2) is 0 Å². The molecule has 2 heterocycles. The van der Waals surface area contributed by atoms with Crippen molar-refractivity contribution >= 4 is 16.5 Å². The highest BCUT2D eigenvalue weighted by Crippen LogP contribution is 2.26. The molecule has 1 aromatic heterocycles. The number of hydrogen-bond donors (Lipinski definition) is 1. The first kappa shape index (κ1) is 13.7. The van der Waals surface area contributed by atoms with Crippen LogP contribution < -0.4 is 5.32 Å². The molecular formula is C13H24N4S. The van der Waals surface area contributed by atoms with E-state index in [1.165, 1.54) is 25.9 Å². The standard InChI is InChI=1S/C13H24N4S/c1-4-14-13-16-15-12(18-13)9-17-7-5-11(6-8-17)10(2)3/h10-11H,4-9H2,1-3H3,(H,14,16). The fraction of sp³-hybridized carbons (Fsp3) is 0.846. The van der Waals surface area contributed by atoms with Gasteiger partial charge in [0.05, 0.1) is 6.54 Å². The SMILES string of the molecule is CCNc1nnc(CN2CCC(C(C)C)CC2)s1. The molecule has 0 spiro atoms. The van der Waals surface area contributed by atoms with Gasteiger partial charge in [-0.05, 0) is 44.7 Å². The molecule has 1 saturated heterocycles. The summed E-state index contributed by atoms with van der Waals surface area (Å²) in [6, 6.07) is 0. The molecule has 0 aliphatic carbocycles. The Kier molecular flexibility index (Phi) is 4.95. The smallest absolute Gasteiger partial charge is 0.205 e. The second kappa shape index (κ2) is 6.48. The van der Waals surface area contributed by atoms with Crippen molar-refractivity contribution in [1.82, 2.24) is 15.1 Å². The van der Waals surface area contributed by atoms with Crippen molar-refractivity contribution in [3.8, 4) is 0 Å². The van der Waals surface area contributed by atoms with Crippen molar-refractivity contribution < 1.29 is 0 Å². The zero-order valence-electron chi connectivity index (χ0n) is 11.6. The van der Waals surface area contributed by atoms with Gasteiger partial charge in [-0.3, -0.25) is 4.90 Å². The first-order chi connectivity index (χ1) is 8.69. The Morgan fingerprint density at radius 1 is 1.33 bits per heavy atom. The number of piperidine rings is 1. The maximum Gasteiger partial charge on any atom is 0.205 e. The molecule has 2 rings (SSSR count). The van der Waals surface area contributed by atoms with Crippen molar-refractivity contribution in [2.75, 3.05) is 25.0 Å². The first-order valence-corrected chi connectivity index (χ1v) is 7.79. The summed E-state index contributed by atoms with van der Waals surface area (Å²) >= 11 is 1.68. The van der Waals surface area contributed by atoms with Crippen LogP contribution in [0, 0.1) is 11.8 Å². The molecule has 0 unspecified atom stereocenters. The molecule has 5 heteroatoms. The van der Waals surface area contributed by atoms with E-state index in [1.807, 2.05) is 0 Å². The third-order valence-corrected chi connectivity index (χ3v) is 4.59. The number of rotatable bonds is 5. The predicted octanol–water partition coefficient (Wildman–Crippen LogP) is 2.84. The normalized spacial score (nSPS) is 18.4. The fourth-order valence-corrected chi connectivity index (χ4v) is 3.36. The molecule has 0 amide bonds. The maximum absolute atomic E-state index is 4.25. The van der Waals surface area contributed by atoms with Gasteiger partial charge in [-0.1, -0.05) is 25.2 Å². The highest BCUT2D eigenvalue weighted by atomic mass is 32.1. The summed E-state index contributed by atoms with van der Waals surface area (Å²) in [6.45, 7) is 11.1. The van der Waals surface area contributed by atoms with Crippen molar-refractivity contribution in [2.45, 2.75) is 40.2 Å². The number of nitrogens with one attached hydrogen (secondary N) is 1. The van der Waals surface area contributed by atoms with Crippen LogP contribution in [0.1, 0.15) is 38.6 Å². The van der Waals surface area contributed by atoms with Crippen LogP contribution in [0.4, 0.5) is 5.13 Å². The second-order valence-corrected chi connectivity index (χ2v) is 6.45. The lowest BCUT2D eigenvalue weighted by atomic mass is 9.87. The average molecular weight is 268 g/mol. The van der Waals surface area contributed by atoms with Gasteiger partial charge in [-0.15, -0.1) is 10.2 Å². The van der Waals surface area contributed by atoms with Crippen LogP contribution in [-0.2, 0) is 6.54 Å². The number of likely N-dealkylation sites (tertiary alicyclic amines) is 1. The molecule has 0 saturated carbocycles. The van der Waals surface area contributed by atoms with Gasteiger partial charge in [0.1, 0.15) is 5.01 Å². The van der Waals surface area contributed by atoms with E-state index in [0.29, 0.717) is 0 Å². The third-order valence-electron chi connectivity index (χ3n) is 3.73. The predicted molar refractivity (Wildman–Crippen MR) is 76.9 cm³/mol. The minimum absolute atomic E-state index is 0.828. The van der Waals surface area contributed by atoms with Gasteiger partial charge in [0.2, 0.25) is 5.13 Å². The Bertz CT molecular complexity index is 356. The first-order valence-electron chi connectivity index (χ1n) is 6.97. The third kappa shape index (κ3) is 3.65. The van der Waals surface area contributed by atoms with Gasteiger partial charge >= 0.3 is 0 Å². The average Bonchev–Trinajstić information content (AvgIpc) is 2.78. The molecule has 0 atom stereocenters. The Hall–Kier alpha value is -0.680. The highest BCUT2D eigenvalue weighted by molar-refractivity contribution is 7.15. The molecule has 0 aromatic carbocycles. The molecule has 4 nitrogen and oxygen atoms in total. The van der Waals surface area contributed by atoms with E-state index in [9.17, 15) is 0 Å². The van der Waals surface area contributed by atoms with E-state index in [2.05, 4.69) is 41.2 Å². The van der Waals surface area contributed by atoms with Crippen molar-refractivity contribution in [1.29, 1.82) is 0 Å². The zero-order chi connectivity index (χ0) is 13.0. The summed E-state index contributed by atoms with van der Waals surface area (Å²) < 4.78 is 0. The lowest BCUT2D eigenvalue weighted by Gasteiger charge is -2.33. The molecule has 1 aliphatic heterocycles. The largest absolute Gasteiger partial charge is 0.360 e. The van der Waals surface area contributed by atoms with Crippen LogP contribution in [-0.4, -0.2) is 34.7 Å². The van der Waals surface area contributed by atoms with Crippen LogP contribution in [0.25, 0.3) is 0 Å². The Morgan fingerprint density at radius 2 is 2.06 bits per heavy atom. The van der Waals surface area contributed by atoms with Crippen molar-refractivity contribution in [2.24, 2.45) is 11.8 Å². The maximum atomic E-state index is 4.25. The monoisotopic (exact) mass is 268 g/mol. The number of anilines is 1. The summed E-state index contributed by atoms with van der Waals surface area (Å²) in [5.74, 6) is 1.74. The quantitative estimate of drug-likeness (QED) is 0.891. The number of hydrogen-bond acceptors (Lipinski definition) is 5. The highest BCUT2D eigenvalue weighted by Gasteiger charge is 2.22. The molecule has 1 aromatic rings. The summed E-state index contributed by atoms with van der Waals surface area (Å²) in [7, 11) is 0. The van der Waals surface area contributed by atoms with Crippen molar-refractivity contribution in [3.63, 3.8) is 0 Å². The van der Waals surface area contributed by atoms with E-state index in [-0.39, 0.29) is 0 Å². The molecule has 0 bridgehead atoms. The minimum Gasteiger partial charge on any atom is -0.360 e. The molecule has 1 aliphatic rings. The Morgan fingerprint density at radius 3 is 2.67 bits per heavy atom. The molecule has 0 radical (unpaired) electrons. The Balaban J connectivity index is 1.80. The summed E-state index contributed by atoms with van der Waals surface area (Å²) in [4.78, 5) is 2.51. The van der Waals surface area contributed by atoms with Gasteiger partial charge in [0, 0.05) is 6.54 Å². The van der Waals surface area contributed by atoms with E-state index in [0.717, 1.165) is 35.1 Å². The number of aromatic nitrogens is 2. The van der Waals surface area contributed by atoms with Gasteiger partial charge in [-0.25, -0.2) is 0 Å². The minimum atomic E-state index is 0.828. The molecule has 18 heavy (non-hydrogen) atoms. The van der Waals surface area contributed by atoms with E-state index < -0.39 is 0 Å². The molecule has 1 fully saturated rings. The summed E-state index contributed by atoms with van der Waals surface area (Å²) in [5, 5.41) is 13.7. The van der Waals surface area contributed by atoms with Crippen LogP contribution in [0.3, 0.4) is 0 Å². The van der Waals surface area contributed by atoms with Crippen LogP contribution in [0.2, 0.25) is 0 Å². The zero-order valence-corrected chi connectivity index (χ0v) is 12.5. The molecule has 102 valence electrons. The van der Waals surface area contributed by atoms with Crippen molar-refractivity contribution in [3.05, 3.63) is 5.01 Å². The Labute approximate surface area is 114 Å². The molecule has 1 N–H and O–H groups in total. The lowest BCUT2D eigenvalue weighted by molar-refractivity contribution is 0.151. The van der Waals surface area contributed by atoms with Crippen LogP contribution in [0.5, 0.6) is 0 Å². The fourth-order valence-electron chi connectivity index (χ4n) is 2.51. The van der Waals surface area contributed by atoms with Gasteiger partial charge < -0.3 is 5.32 Å². The van der Waals surface area contributed by atoms with Gasteiger partial charge in [-0.2, -0.15) is 0 Å². The van der Waals surface area contributed by atoms with Crippen LogP contribution >= 0.6 is 11.3 Å². The van der Waals surface area contributed by atoms with E-state index >= 15 is 0 Å². The van der Waals surface area contributed by atoms with E-state index in [1.54, 1.807) is 11.3 Å². The topological polar surface area (TPSA) is 41.1 Å². The number of nitrogens with zero attached hydrogens (tertiary/aromatic N) is 3. The van der Waals surface area contributed by atoms with Crippen LogP contribution in [0.15, 0.2) is 0 Å². The lowest BCUT2D eigenvalue weighted by Crippen LogP contribution is -2.34. The van der Waals surface area contributed by atoms with E-state index in [4.69, 9.17) is 0 Å². The molecular weight excluding hydrogens is 244 g/mol. The summed E-state index contributed by atoms with van der Waals surface area (Å²) in [6.07, 6.45) is 2.66. The second-order valence-electron chi connectivity index (χ2n) is 5.39. The van der Waals surface area contributed by atoms with Gasteiger partial charge in [0.25, 0.3) is 0 Å².